The van der Waals surface area contributed by atoms with Crippen LogP contribution in [-0.2, 0) is 9.59 Å². The molecule has 0 heterocycles. The molecule has 0 amide bonds. The molecular weight excluding hydrogens is 272 g/mol. The summed E-state index contributed by atoms with van der Waals surface area (Å²) in [6.07, 6.45) is 11.9. The van der Waals surface area contributed by atoms with Gasteiger partial charge in [-0.05, 0) is 43.9 Å². The summed E-state index contributed by atoms with van der Waals surface area (Å²) in [6, 6.07) is 0. The lowest BCUT2D eigenvalue weighted by Gasteiger charge is -2.32. The van der Waals surface area contributed by atoms with E-state index in [-0.39, 0.29) is 17.6 Å². The van der Waals surface area contributed by atoms with E-state index in [1.807, 2.05) is 0 Å². The maximum atomic E-state index is 11.7. The minimum Gasteiger partial charge on any atom is -0.303 e. The van der Waals surface area contributed by atoms with E-state index in [4.69, 9.17) is 0 Å². The summed E-state index contributed by atoms with van der Waals surface area (Å²) in [7, 11) is 0. The van der Waals surface area contributed by atoms with Crippen LogP contribution in [0.15, 0.2) is 0 Å². The number of Topliss-reactive ketones (excluding diaryl/α,β-unsaturated/α-hetero) is 1. The first-order valence-electron chi connectivity index (χ1n) is 9.39. The SMILES string of the molecule is CC(=O)C1CC(CCCC(C)CCCC(C)C)CCC1C=O. The monoisotopic (exact) mass is 308 g/mol. The third-order valence-corrected chi connectivity index (χ3v) is 5.50. The molecular formula is C20H36O2. The third-order valence-electron chi connectivity index (χ3n) is 5.50. The molecule has 0 aliphatic heterocycles. The Morgan fingerprint density at radius 1 is 1.09 bits per heavy atom. The summed E-state index contributed by atoms with van der Waals surface area (Å²) in [6.45, 7) is 8.62. The van der Waals surface area contributed by atoms with E-state index >= 15 is 0 Å². The number of rotatable bonds is 10. The van der Waals surface area contributed by atoms with E-state index in [2.05, 4.69) is 20.8 Å². The van der Waals surface area contributed by atoms with Crippen LogP contribution in [0.4, 0.5) is 0 Å². The number of carbonyl (C=O) groups excluding carboxylic acids is 2. The van der Waals surface area contributed by atoms with E-state index in [0.29, 0.717) is 5.92 Å². The van der Waals surface area contributed by atoms with E-state index in [0.717, 1.165) is 37.4 Å². The Kier molecular flexibility index (Phi) is 8.97. The van der Waals surface area contributed by atoms with Crippen molar-refractivity contribution < 1.29 is 9.59 Å². The first kappa shape index (κ1) is 19.4. The van der Waals surface area contributed by atoms with E-state index < -0.39 is 0 Å². The van der Waals surface area contributed by atoms with Crippen LogP contribution in [0.2, 0.25) is 0 Å². The molecule has 4 atom stereocenters. The second-order valence-corrected chi connectivity index (χ2v) is 8.06. The second kappa shape index (κ2) is 10.2. The fraction of sp³-hybridized carbons (Fsp3) is 0.900. The molecule has 0 aromatic carbocycles. The number of ketones is 1. The molecule has 2 nitrogen and oxygen atoms in total. The largest absolute Gasteiger partial charge is 0.303 e. The van der Waals surface area contributed by atoms with Crippen LogP contribution in [0.25, 0.3) is 0 Å². The summed E-state index contributed by atoms with van der Waals surface area (Å²) in [5.41, 5.74) is 0. The van der Waals surface area contributed by atoms with Gasteiger partial charge in [-0.2, -0.15) is 0 Å². The van der Waals surface area contributed by atoms with E-state index in [1.54, 1.807) is 6.92 Å². The van der Waals surface area contributed by atoms with Gasteiger partial charge in [-0.1, -0.05) is 59.3 Å². The molecule has 1 fully saturated rings. The molecule has 0 bridgehead atoms. The molecule has 22 heavy (non-hydrogen) atoms. The van der Waals surface area contributed by atoms with Gasteiger partial charge in [0, 0.05) is 11.8 Å². The van der Waals surface area contributed by atoms with Crippen LogP contribution in [0.5, 0.6) is 0 Å². The van der Waals surface area contributed by atoms with Crippen molar-refractivity contribution in [3.63, 3.8) is 0 Å². The van der Waals surface area contributed by atoms with Crippen molar-refractivity contribution in [1.82, 2.24) is 0 Å². The number of hydrogen-bond acceptors (Lipinski definition) is 2. The van der Waals surface area contributed by atoms with Crippen molar-refractivity contribution in [1.29, 1.82) is 0 Å². The Hall–Kier alpha value is -0.660. The van der Waals surface area contributed by atoms with Crippen molar-refractivity contribution in [3.05, 3.63) is 0 Å². The quantitative estimate of drug-likeness (QED) is 0.504. The summed E-state index contributed by atoms with van der Waals surface area (Å²) in [5.74, 6) is 2.51. The molecule has 1 rings (SSSR count). The number of aldehydes is 1. The molecule has 0 spiro atoms. The fourth-order valence-corrected chi connectivity index (χ4v) is 3.95. The van der Waals surface area contributed by atoms with Gasteiger partial charge in [0.1, 0.15) is 12.1 Å². The average Bonchev–Trinajstić information content (AvgIpc) is 2.46. The standard InChI is InChI=1S/C20H36O2/c1-15(2)7-5-8-16(3)9-6-10-18-11-12-19(14-21)20(13-18)17(4)22/h14-16,18-20H,5-13H2,1-4H3. The van der Waals surface area contributed by atoms with Gasteiger partial charge < -0.3 is 4.79 Å². The smallest absolute Gasteiger partial charge is 0.133 e. The van der Waals surface area contributed by atoms with Crippen molar-refractivity contribution in [2.45, 2.75) is 85.5 Å². The van der Waals surface area contributed by atoms with Crippen molar-refractivity contribution in [2.75, 3.05) is 0 Å². The minimum atomic E-state index is -0.0105. The van der Waals surface area contributed by atoms with Gasteiger partial charge in [-0.25, -0.2) is 0 Å². The van der Waals surface area contributed by atoms with Crippen LogP contribution in [0.3, 0.4) is 0 Å². The first-order valence-corrected chi connectivity index (χ1v) is 9.39. The number of hydrogen-bond donors (Lipinski definition) is 0. The predicted octanol–water partition coefficient (Wildman–Crippen LogP) is 5.44. The highest BCUT2D eigenvalue weighted by atomic mass is 16.1. The van der Waals surface area contributed by atoms with Gasteiger partial charge in [0.05, 0.1) is 0 Å². The van der Waals surface area contributed by atoms with Gasteiger partial charge in [-0.15, -0.1) is 0 Å². The Morgan fingerprint density at radius 2 is 1.77 bits per heavy atom. The lowest BCUT2D eigenvalue weighted by atomic mass is 9.71. The summed E-state index contributed by atoms with van der Waals surface area (Å²) in [5, 5.41) is 0. The topological polar surface area (TPSA) is 34.1 Å². The van der Waals surface area contributed by atoms with Gasteiger partial charge >= 0.3 is 0 Å². The van der Waals surface area contributed by atoms with Crippen molar-refractivity contribution >= 4 is 12.1 Å². The molecule has 1 saturated carbocycles. The highest BCUT2D eigenvalue weighted by Gasteiger charge is 2.32. The molecule has 2 heteroatoms. The lowest BCUT2D eigenvalue weighted by Crippen LogP contribution is -2.30. The van der Waals surface area contributed by atoms with E-state index in [9.17, 15) is 9.59 Å². The summed E-state index contributed by atoms with van der Waals surface area (Å²) in [4.78, 5) is 22.8. The first-order chi connectivity index (χ1) is 10.4. The Balaban J connectivity index is 2.22. The zero-order chi connectivity index (χ0) is 16.5. The number of carbonyl (C=O) groups is 2. The molecule has 0 aromatic heterocycles. The zero-order valence-electron chi connectivity index (χ0n) is 15.1. The molecule has 0 saturated heterocycles. The van der Waals surface area contributed by atoms with Gasteiger partial charge in [-0.3, -0.25) is 4.79 Å². The Labute approximate surface area is 137 Å². The highest BCUT2D eigenvalue weighted by Crippen LogP contribution is 2.36. The summed E-state index contributed by atoms with van der Waals surface area (Å²) >= 11 is 0. The molecule has 1 aliphatic rings. The minimum absolute atomic E-state index is 0.000264. The third kappa shape index (κ3) is 7.07. The maximum Gasteiger partial charge on any atom is 0.133 e. The van der Waals surface area contributed by atoms with Crippen LogP contribution in [-0.4, -0.2) is 12.1 Å². The second-order valence-electron chi connectivity index (χ2n) is 8.06. The van der Waals surface area contributed by atoms with Gasteiger partial charge in [0.25, 0.3) is 0 Å². The Morgan fingerprint density at radius 3 is 2.36 bits per heavy atom. The van der Waals surface area contributed by atoms with Crippen LogP contribution in [0, 0.1) is 29.6 Å². The maximum absolute atomic E-state index is 11.7. The normalized spacial score (nSPS) is 26.9. The molecule has 1 aliphatic carbocycles. The summed E-state index contributed by atoms with van der Waals surface area (Å²) < 4.78 is 0. The lowest BCUT2D eigenvalue weighted by molar-refractivity contribution is -0.128. The van der Waals surface area contributed by atoms with Crippen molar-refractivity contribution in [2.24, 2.45) is 29.6 Å². The molecule has 0 radical (unpaired) electrons. The molecule has 4 unspecified atom stereocenters. The average molecular weight is 309 g/mol. The molecule has 0 N–H and O–H groups in total. The molecule has 0 aromatic rings. The van der Waals surface area contributed by atoms with Crippen LogP contribution >= 0.6 is 0 Å². The highest BCUT2D eigenvalue weighted by molar-refractivity contribution is 5.81. The van der Waals surface area contributed by atoms with Gasteiger partial charge in [0.2, 0.25) is 0 Å². The van der Waals surface area contributed by atoms with Crippen LogP contribution in [0.1, 0.15) is 85.5 Å². The molecule has 128 valence electrons. The predicted molar refractivity (Wildman–Crippen MR) is 92.8 cm³/mol. The Bertz CT molecular complexity index is 335. The fourth-order valence-electron chi connectivity index (χ4n) is 3.95. The van der Waals surface area contributed by atoms with Gasteiger partial charge in [0.15, 0.2) is 0 Å². The van der Waals surface area contributed by atoms with Crippen LogP contribution < -0.4 is 0 Å². The zero-order valence-corrected chi connectivity index (χ0v) is 15.1. The van der Waals surface area contributed by atoms with Crippen molar-refractivity contribution in [3.8, 4) is 0 Å². The van der Waals surface area contributed by atoms with E-state index in [1.165, 1.54) is 38.5 Å².